The van der Waals surface area contributed by atoms with Gasteiger partial charge in [-0.2, -0.15) is 0 Å². The first kappa shape index (κ1) is 11.7. The van der Waals surface area contributed by atoms with Gasteiger partial charge in [-0.3, -0.25) is 0 Å². The fourth-order valence-electron chi connectivity index (χ4n) is 1.57. The van der Waals surface area contributed by atoms with Crippen molar-refractivity contribution in [3.05, 3.63) is 47.7 Å². The van der Waals surface area contributed by atoms with Crippen molar-refractivity contribution in [3.63, 3.8) is 0 Å². The summed E-state index contributed by atoms with van der Waals surface area (Å²) in [5.41, 5.74) is 7.60. The van der Waals surface area contributed by atoms with Crippen molar-refractivity contribution in [2.45, 2.75) is 19.4 Å². The van der Waals surface area contributed by atoms with E-state index in [9.17, 15) is 0 Å². The van der Waals surface area contributed by atoms with E-state index >= 15 is 0 Å². The average Bonchev–Trinajstić information content (AvgIpc) is 2.78. The maximum atomic E-state index is 5.72. The Morgan fingerprint density at radius 1 is 1.47 bits per heavy atom. The molecular weight excluding hydrogens is 216 g/mol. The summed E-state index contributed by atoms with van der Waals surface area (Å²) in [6.45, 7) is 1.88. The largest absolute Gasteiger partial charge is 0.497 e. The Hall–Kier alpha value is -1.81. The molecule has 17 heavy (non-hydrogen) atoms. The van der Waals surface area contributed by atoms with Crippen molar-refractivity contribution >= 4 is 0 Å². The van der Waals surface area contributed by atoms with Crippen molar-refractivity contribution in [1.82, 2.24) is 4.98 Å². The molecule has 1 aromatic carbocycles. The highest BCUT2D eigenvalue weighted by Crippen LogP contribution is 2.17. The number of aromatic nitrogens is 1. The smallest absolute Gasteiger partial charge is 0.198 e. The van der Waals surface area contributed by atoms with E-state index in [4.69, 9.17) is 14.9 Å². The van der Waals surface area contributed by atoms with Crippen LogP contribution in [0.5, 0.6) is 5.75 Å². The van der Waals surface area contributed by atoms with Crippen LogP contribution < -0.4 is 10.5 Å². The SMILES string of the molecule is COc1cccc(Cc2nc(C(C)N)co2)c1. The minimum atomic E-state index is -0.0993. The number of ether oxygens (including phenoxy) is 1. The summed E-state index contributed by atoms with van der Waals surface area (Å²) in [4.78, 5) is 4.33. The van der Waals surface area contributed by atoms with Crippen LogP contribution in [0.4, 0.5) is 0 Å². The van der Waals surface area contributed by atoms with Gasteiger partial charge in [0, 0.05) is 12.5 Å². The van der Waals surface area contributed by atoms with Crippen molar-refractivity contribution in [2.24, 2.45) is 5.73 Å². The Labute approximate surface area is 100 Å². The number of rotatable bonds is 4. The van der Waals surface area contributed by atoms with E-state index in [0.29, 0.717) is 12.3 Å². The Bertz CT molecular complexity index is 492. The molecule has 2 rings (SSSR count). The quantitative estimate of drug-likeness (QED) is 0.878. The number of nitrogens with two attached hydrogens (primary N) is 1. The molecule has 4 nitrogen and oxygen atoms in total. The summed E-state index contributed by atoms with van der Waals surface area (Å²) in [6.07, 6.45) is 2.25. The van der Waals surface area contributed by atoms with E-state index in [-0.39, 0.29) is 6.04 Å². The minimum Gasteiger partial charge on any atom is -0.497 e. The normalized spacial score (nSPS) is 12.4. The second-order valence-corrected chi connectivity index (χ2v) is 3.98. The number of benzene rings is 1. The zero-order valence-corrected chi connectivity index (χ0v) is 10.0. The molecule has 1 heterocycles. The van der Waals surface area contributed by atoms with E-state index in [2.05, 4.69) is 4.98 Å². The number of oxazole rings is 1. The molecule has 1 unspecified atom stereocenters. The molecule has 0 aliphatic heterocycles. The maximum absolute atomic E-state index is 5.72. The third kappa shape index (κ3) is 2.85. The lowest BCUT2D eigenvalue weighted by molar-refractivity contribution is 0.414. The molecule has 1 atom stereocenters. The van der Waals surface area contributed by atoms with E-state index in [1.54, 1.807) is 13.4 Å². The van der Waals surface area contributed by atoms with Gasteiger partial charge in [-0.25, -0.2) is 4.98 Å². The topological polar surface area (TPSA) is 61.3 Å². The van der Waals surface area contributed by atoms with Crippen LogP contribution >= 0.6 is 0 Å². The van der Waals surface area contributed by atoms with E-state index in [1.165, 1.54) is 0 Å². The molecule has 0 radical (unpaired) electrons. The summed E-state index contributed by atoms with van der Waals surface area (Å²) in [6, 6.07) is 7.74. The number of nitrogens with zero attached hydrogens (tertiary/aromatic N) is 1. The fraction of sp³-hybridized carbons (Fsp3) is 0.308. The molecule has 1 aromatic heterocycles. The van der Waals surface area contributed by atoms with Gasteiger partial charge < -0.3 is 14.9 Å². The molecule has 0 saturated heterocycles. The molecule has 0 spiro atoms. The number of hydrogen-bond donors (Lipinski definition) is 1. The number of hydrogen-bond acceptors (Lipinski definition) is 4. The second kappa shape index (κ2) is 5.01. The lowest BCUT2D eigenvalue weighted by Crippen LogP contribution is -2.05. The number of methoxy groups -OCH3 is 1. The van der Waals surface area contributed by atoms with Crippen molar-refractivity contribution in [2.75, 3.05) is 7.11 Å². The van der Waals surface area contributed by atoms with Gasteiger partial charge in [0.1, 0.15) is 12.0 Å². The zero-order valence-electron chi connectivity index (χ0n) is 10.0. The van der Waals surface area contributed by atoms with Gasteiger partial charge in [0.15, 0.2) is 5.89 Å². The maximum Gasteiger partial charge on any atom is 0.198 e. The predicted molar refractivity (Wildman–Crippen MR) is 64.9 cm³/mol. The minimum absolute atomic E-state index is 0.0993. The molecule has 0 aliphatic rings. The molecule has 2 aromatic rings. The summed E-state index contributed by atoms with van der Waals surface area (Å²) in [7, 11) is 1.65. The molecule has 0 fully saturated rings. The van der Waals surface area contributed by atoms with Crippen LogP contribution in [-0.2, 0) is 6.42 Å². The predicted octanol–water partition coefficient (Wildman–Crippen LogP) is 2.29. The zero-order chi connectivity index (χ0) is 12.3. The standard InChI is InChI=1S/C13H16N2O2/c1-9(14)12-8-17-13(15-12)7-10-4-3-5-11(6-10)16-2/h3-6,8-9H,7,14H2,1-2H3. The first-order valence-corrected chi connectivity index (χ1v) is 5.52. The molecular formula is C13H16N2O2. The van der Waals surface area contributed by atoms with Crippen molar-refractivity contribution in [1.29, 1.82) is 0 Å². The van der Waals surface area contributed by atoms with Crippen molar-refractivity contribution in [3.8, 4) is 5.75 Å². The van der Waals surface area contributed by atoms with Crippen LogP contribution in [0.3, 0.4) is 0 Å². The highest BCUT2D eigenvalue weighted by Gasteiger charge is 2.08. The summed E-state index contributed by atoms with van der Waals surface area (Å²) < 4.78 is 10.5. The van der Waals surface area contributed by atoms with E-state index in [1.807, 2.05) is 31.2 Å². The molecule has 90 valence electrons. The van der Waals surface area contributed by atoms with Crippen LogP contribution in [0.15, 0.2) is 34.9 Å². The van der Waals surface area contributed by atoms with Crippen LogP contribution in [0.25, 0.3) is 0 Å². The fourth-order valence-corrected chi connectivity index (χ4v) is 1.57. The lowest BCUT2D eigenvalue weighted by Gasteiger charge is -2.02. The van der Waals surface area contributed by atoms with Gasteiger partial charge >= 0.3 is 0 Å². The van der Waals surface area contributed by atoms with Crippen LogP contribution in [0.2, 0.25) is 0 Å². The van der Waals surface area contributed by atoms with Gasteiger partial charge in [-0.1, -0.05) is 12.1 Å². The molecule has 0 bridgehead atoms. The van der Waals surface area contributed by atoms with Crippen molar-refractivity contribution < 1.29 is 9.15 Å². The monoisotopic (exact) mass is 232 g/mol. The Morgan fingerprint density at radius 2 is 2.29 bits per heavy atom. The first-order chi connectivity index (χ1) is 8.19. The Kier molecular flexibility index (Phi) is 3.44. The van der Waals surface area contributed by atoms with Gasteiger partial charge in [0.2, 0.25) is 0 Å². The highest BCUT2D eigenvalue weighted by molar-refractivity contribution is 5.30. The second-order valence-electron chi connectivity index (χ2n) is 3.98. The van der Waals surface area contributed by atoms with Crippen LogP contribution in [0.1, 0.15) is 30.1 Å². The molecule has 0 saturated carbocycles. The van der Waals surface area contributed by atoms with Gasteiger partial charge in [0.25, 0.3) is 0 Å². The van der Waals surface area contributed by atoms with Gasteiger partial charge in [-0.15, -0.1) is 0 Å². The third-order valence-electron chi connectivity index (χ3n) is 2.53. The van der Waals surface area contributed by atoms with Gasteiger partial charge in [-0.05, 0) is 24.6 Å². The van der Waals surface area contributed by atoms with Crippen LogP contribution in [-0.4, -0.2) is 12.1 Å². The highest BCUT2D eigenvalue weighted by atomic mass is 16.5. The summed E-state index contributed by atoms with van der Waals surface area (Å²) >= 11 is 0. The van der Waals surface area contributed by atoms with Crippen LogP contribution in [0, 0.1) is 0 Å². The molecule has 0 amide bonds. The van der Waals surface area contributed by atoms with E-state index < -0.39 is 0 Å². The Morgan fingerprint density at radius 3 is 2.94 bits per heavy atom. The molecule has 4 heteroatoms. The lowest BCUT2D eigenvalue weighted by atomic mass is 10.1. The molecule has 2 N–H and O–H groups in total. The first-order valence-electron chi connectivity index (χ1n) is 5.52. The van der Waals surface area contributed by atoms with E-state index in [0.717, 1.165) is 17.0 Å². The third-order valence-corrected chi connectivity index (χ3v) is 2.53. The Balaban J connectivity index is 2.13. The molecule has 0 aliphatic carbocycles. The summed E-state index contributed by atoms with van der Waals surface area (Å²) in [5.74, 6) is 1.51. The van der Waals surface area contributed by atoms with Gasteiger partial charge in [0.05, 0.1) is 12.8 Å². The average molecular weight is 232 g/mol. The summed E-state index contributed by atoms with van der Waals surface area (Å²) in [5, 5.41) is 0.